The van der Waals surface area contributed by atoms with Crippen molar-refractivity contribution < 1.29 is 9.53 Å². The van der Waals surface area contributed by atoms with Crippen molar-refractivity contribution in [3.8, 4) is 5.75 Å². The van der Waals surface area contributed by atoms with Crippen LogP contribution in [0.15, 0.2) is 54.6 Å². The number of hydrogen-bond donors (Lipinski definition) is 1. The second-order valence-electron chi connectivity index (χ2n) is 8.54. The maximum atomic E-state index is 13.0. The zero-order valence-corrected chi connectivity index (χ0v) is 17.3. The van der Waals surface area contributed by atoms with Gasteiger partial charge in [-0.05, 0) is 49.4 Å². The van der Waals surface area contributed by atoms with Crippen molar-refractivity contribution in [1.29, 1.82) is 0 Å². The number of carbonyl (C=O) groups excluding carboxylic acids is 1. The molecule has 0 spiro atoms. The van der Waals surface area contributed by atoms with E-state index in [-0.39, 0.29) is 17.4 Å². The van der Waals surface area contributed by atoms with Crippen molar-refractivity contribution in [1.82, 2.24) is 10.2 Å². The van der Waals surface area contributed by atoms with Crippen LogP contribution in [0, 0.1) is 12.3 Å². The van der Waals surface area contributed by atoms with Crippen LogP contribution in [0.1, 0.15) is 37.8 Å². The van der Waals surface area contributed by atoms with Gasteiger partial charge in [0.15, 0.2) is 0 Å². The molecule has 150 valence electrons. The van der Waals surface area contributed by atoms with Crippen LogP contribution in [-0.4, -0.2) is 36.5 Å². The van der Waals surface area contributed by atoms with Gasteiger partial charge in [-0.25, -0.2) is 0 Å². The fourth-order valence-electron chi connectivity index (χ4n) is 3.69. The number of piperidine rings is 1. The fraction of sp³-hybridized carbons (Fsp3) is 0.458. The maximum absolute atomic E-state index is 13.0. The van der Waals surface area contributed by atoms with Crippen LogP contribution >= 0.6 is 0 Å². The highest BCUT2D eigenvalue weighted by Crippen LogP contribution is 2.33. The monoisotopic (exact) mass is 380 g/mol. The van der Waals surface area contributed by atoms with Crippen LogP contribution in [0.25, 0.3) is 0 Å². The summed E-state index contributed by atoms with van der Waals surface area (Å²) in [4.78, 5) is 15.3. The quantitative estimate of drug-likeness (QED) is 0.783. The van der Waals surface area contributed by atoms with E-state index in [1.54, 1.807) is 0 Å². The Bertz CT molecular complexity index is 756. The topological polar surface area (TPSA) is 41.6 Å². The molecule has 1 amide bonds. The molecule has 0 radical (unpaired) electrons. The molecule has 4 nitrogen and oxygen atoms in total. The van der Waals surface area contributed by atoms with Crippen molar-refractivity contribution in [2.75, 3.05) is 19.7 Å². The third-order valence-corrected chi connectivity index (χ3v) is 5.54. The van der Waals surface area contributed by atoms with Crippen LogP contribution in [0.2, 0.25) is 0 Å². The van der Waals surface area contributed by atoms with Gasteiger partial charge in [0.25, 0.3) is 0 Å². The van der Waals surface area contributed by atoms with Crippen LogP contribution in [-0.2, 0) is 11.3 Å². The summed E-state index contributed by atoms with van der Waals surface area (Å²) in [5.41, 5.74) is 2.55. The van der Waals surface area contributed by atoms with E-state index >= 15 is 0 Å². The molecule has 2 aromatic carbocycles. The van der Waals surface area contributed by atoms with E-state index in [1.807, 2.05) is 30.3 Å². The standard InChI is InChI=1S/C24H32N2O2/c1-19-9-11-20(12-10-19)18-25-23(27)22-17-24(2,3)13-14-26(22)15-16-28-21-7-5-4-6-8-21/h4-12,22H,13-18H2,1-3H3,(H,25,27). The minimum Gasteiger partial charge on any atom is -0.492 e. The highest BCUT2D eigenvalue weighted by atomic mass is 16.5. The lowest BCUT2D eigenvalue weighted by atomic mass is 9.78. The van der Waals surface area contributed by atoms with E-state index in [4.69, 9.17) is 4.74 Å². The van der Waals surface area contributed by atoms with Crippen LogP contribution in [0.4, 0.5) is 0 Å². The molecule has 1 saturated heterocycles. The zero-order chi connectivity index (χ0) is 20.0. The highest BCUT2D eigenvalue weighted by Gasteiger charge is 2.37. The van der Waals surface area contributed by atoms with Gasteiger partial charge in [-0.2, -0.15) is 0 Å². The number of likely N-dealkylation sites (tertiary alicyclic amines) is 1. The number of aryl methyl sites for hydroxylation is 1. The van der Waals surface area contributed by atoms with Crippen LogP contribution < -0.4 is 10.1 Å². The Kier molecular flexibility index (Phi) is 6.74. The Balaban J connectivity index is 1.56. The predicted octanol–water partition coefficient (Wildman–Crippen LogP) is 4.18. The van der Waals surface area contributed by atoms with Gasteiger partial charge in [-0.15, -0.1) is 0 Å². The third kappa shape index (κ3) is 5.83. The van der Waals surface area contributed by atoms with E-state index in [0.29, 0.717) is 13.2 Å². The molecule has 0 aromatic heterocycles. The minimum absolute atomic E-state index is 0.103. The average molecular weight is 381 g/mol. The molecule has 2 aromatic rings. The predicted molar refractivity (Wildman–Crippen MR) is 113 cm³/mol. The minimum atomic E-state index is -0.103. The number of nitrogens with zero attached hydrogens (tertiary/aromatic N) is 1. The first-order valence-corrected chi connectivity index (χ1v) is 10.2. The number of para-hydroxylation sites is 1. The summed E-state index contributed by atoms with van der Waals surface area (Å²) in [5.74, 6) is 0.994. The lowest BCUT2D eigenvalue weighted by molar-refractivity contribution is -0.130. The smallest absolute Gasteiger partial charge is 0.237 e. The Morgan fingerprint density at radius 1 is 1.14 bits per heavy atom. The lowest BCUT2D eigenvalue weighted by Gasteiger charge is -2.42. The van der Waals surface area contributed by atoms with Gasteiger partial charge >= 0.3 is 0 Å². The summed E-state index contributed by atoms with van der Waals surface area (Å²) >= 11 is 0. The van der Waals surface area contributed by atoms with E-state index in [0.717, 1.165) is 37.2 Å². The summed E-state index contributed by atoms with van der Waals surface area (Å²) in [6, 6.07) is 18.1. The lowest BCUT2D eigenvalue weighted by Crippen LogP contribution is -2.54. The van der Waals surface area contributed by atoms with Gasteiger partial charge < -0.3 is 10.1 Å². The molecule has 3 rings (SSSR count). The molecule has 4 heteroatoms. The number of hydrogen-bond acceptors (Lipinski definition) is 3. The molecule has 0 saturated carbocycles. The largest absolute Gasteiger partial charge is 0.492 e. The van der Waals surface area contributed by atoms with Crippen LogP contribution in [0.5, 0.6) is 5.75 Å². The first-order chi connectivity index (χ1) is 13.4. The average Bonchev–Trinajstić information content (AvgIpc) is 2.69. The Hall–Kier alpha value is -2.33. The second-order valence-corrected chi connectivity index (χ2v) is 8.54. The third-order valence-electron chi connectivity index (χ3n) is 5.54. The van der Waals surface area contributed by atoms with Gasteiger partial charge in [-0.3, -0.25) is 9.69 Å². The SMILES string of the molecule is Cc1ccc(CNC(=O)C2CC(C)(C)CCN2CCOc2ccccc2)cc1. The van der Waals surface area contributed by atoms with Gasteiger partial charge in [0, 0.05) is 13.1 Å². The van der Waals surface area contributed by atoms with Crippen molar-refractivity contribution in [3.05, 3.63) is 65.7 Å². The number of amides is 1. The number of nitrogens with one attached hydrogen (secondary N) is 1. The maximum Gasteiger partial charge on any atom is 0.237 e. The molecular formula is C24H32N2O2. The summed E-state index contributed by atoms with van der Waals surface area (Å²) in [6.07, 6.45) is 1.97. The Labute approximate surface area is 168 Å². The van der Waals surface area contributed by atoms with E-state index in [9.17, 15) is 4.79 Å². The highest BCUT2D eigenvalue weighted by molar-refractivity contribution is 5.82. The van der Waals surface area contributed by atoms with E-state index in [2.05, 4.69) is 55.3 Å². The summed E-state index contributed by atoms with van der Waals surface area (Å²) in [6.45, 7) is 9.43. The molecule has 1 heterocycles. The zero-order valence-electron chi connectivity index (χ0n) is 17.3. The summed E-state index contributed by atoms with van der Waals surface area (Å²) < 4.78 is 5.86. The van der Waals surface area contributed by atoms with Gasteiger partial charge in [0.05, 0.1) is 6.04 Å². The van der Waals surface area contributed by atoms with E-state index < -0.39 is 0 Å². The Morgan fingerprint density at radius 2 is 1.86 bits per heavy atom. The van der Waals surface area contributed by atoms with Crippen molar-refractivity contribution in [2.24, 2.45) is 5.41 Å². The van der Waals surface area contributed by atoms with Crippen molar-refractivity contribution >= 4 is 5.91 Å². The molecule has 1 unspecified atom stereocenters. The molecule has 0 aliphatic carbocycles. The first-order valence-electron chi connectivity index (χ1n) is 10.2. The number of benzene rings is 2. The molecule has 1 fully saturated rings. The second kappa shape index (κ2) is 9.24. The normalized spacial score (nSPS) is 19.2. The Morgan fingerprint density at radius 3 is 2.57 bits per heavy atom. The fourth-order valence-corrected chi connectivity index (χ4v) is 3.69. The molecule has 1 atom stereocenters. The van der Waals surface area contributed by atoms with Gasteiger partial charge in [-0.1, -0.05) is 61.9 Å². The van der Waals surface area contributed by atoms with Gasteiger partial charge in [0.2, 0.25) is 5.91 Å². The van der Waals surface area contributed by atoms with E-state index in [1.165, 1.54) is 5.56 Å². The first kappa shape index (κ1) is 20.4. The van der Waals surface area contributed by atoms with Crippen molar-refractivity contribution in [2.45, 2.75) is 46.2 Å². The van der Waals surface area contributed by atoms with Crippen LogP contribution in [0.3, 0.4) is 0 Å². The number of rotatable bonds is 7. The molecule has 1 N–H and O–H groups in total. The number of ether oxygens (including phenoxy) is 1. The molecular weight excluding hydrogens is 348 g/mol. The summed E-state index contributed by atoms with van der Waals surface area (Å²) in [5, 5.41) is 3.14. The molecule has 0 bridgehead atoms. The van der Waals surface area contributed by atoms with Gasteiger partial charge in [0.1, 0.15) is 12.4 Å². The summed E-state index contributed by atoms with van der Waals surface area (Å²) in [7, 11) is 0. The number of carbonyl (C=O) groups is 1. The molecule has 1 aliphatic heterocycles. The molecule has 1 aliphatic rings. The van der Waals surface area contributed by atoms with Crippen molar-refractivity contribution in [3.63, 3.8) is 0 Å². The molecule has 28 heavy (non-hydrogen) atoms.